The largest absolute Gasteiger partial charge is 0.379 e. The molecule has 1 heterocycles. The molecule has 5 nitrogen and oxygen atoms in total. The van der Waals surface area contributed by atoms with Gasteiger partial charge in [0.15, 0.2) is 5.96 Å². The number of ether oxygens (including phenoxy) is 1. The number of thioether (sulfide) groups is 1. The van der Waals surface area contributed by atoms with Crippen molar-refractivity contribution in [1.29, 1.82) is 0 Å². The van der Waals surface area contributed by atoms with Gasteiger partial charge >= 0.3 is 0 Å². The van der Waals surface area contributed by atoms with E-state index in [0.29, 0.717) is 5.25 Å². The van der Waals surface area contributed by atoms with Crippen LogP contribution in [0.5, 0.6) is 0 Å². The summed E-state index contributed by atoms with van der Waals surface area (Å²) in [4.78, 5) is 7.65. The van der Waals surface area contributed by atoms with E-state index >= 15 is 0 Å². The lowest BCUT2D eigenvalue weighted by atomic mass is 9.80. The molecular weight excluding hydrogens is 320 g/mol. The predicted octanol–water partition coefficient (Wildman–Crippen LogP) is 2.33. The summed E-state index contributed by atoms with van der Waals surface area (Å²) in [5.74, 6) is 0.969. The number of aliphatic imine (C=N–C) groups is 1. The summed E-state index contributed by atoms with van der Waals surface area (Å²) in [7, 11) is 0. The second-order valence-corrected chi connectivity index (χ2v) is 8.28. The summed E-state index contributed by atoms with van der Waals surface area (Å²) in [5, 5.41) is 7.51. The third-order valence-electron chi connectivity index (χ3n) is 5.30. The maximum atomic E-state index is 5.57. The molecule has 0 amide bonds. The SMILES string of the molecule is CCNC(=NCC1(N2CCOCC2)CCCCC1)NCC(C)SC. The molecule has 24 heavy (non-hydrogen) atoms. The highest BCUT2D eigenvalue weighted by atomic mass is 32.2. The highest BCUT2D eigenvalue weighted by molar-refractivity contribution is 7.99. The van der Waals surface area contributed by atoms with Crippen LogP contribution in [-0.4, -0.2) is 73.8 Å². The maximum Gasteiger partial charge on any atom is 0.191 e. The van der Waals surface area contributed by atoms with Crippen LogP contribution in [0.1, 0.15) is 46.0 Å². The van der Waals surface area contributed by atoms with Crippen molar-refractivity contribution >= 4 is 17.7 Å². The summed E-state index contributed by atoms with van der Waals surface area (Å²) < 4.78 is 5.57. The van der Waals surface area contributed by atoms with Gasteiger partial charge in [0.25, 0.3) is 0 Å². The molecule has 0 aromatic heterocycles. The highest BCUT2D eigenvalue weighted by Gasteiger charge is 2.38. The van der Waals surface area contributed by atoms with Crippen LogP contribution in [0.4, 0.5) is 0 Å². The second kappa shape index (κ2) is 10.5. The summed E-state index contributed by atoms with van der Waals surface area (Å²) in [6.45, 7) is 11.0. The zero-order valence-electron chi connectivity index (χ0n) is 15.8. The first kappa shape index (κ1) is 19.9. The summed E-state index contributed by atoms with van der Waals surface area (Å²) in [5.41, 5.74) is 0.246. The van der Waals surface area contributed by atoms with Crippen LogP contribution < -0.4 is 10.6 Å². The number of guanidine groups is 1. The van der Waals surface area contributed by atoms with Crippen LogP contribution in [0.3, 0.4) is 0 Å². The number of hydrogen-bond acceptors (Lipinski definition) is 4. The third kappa shape index (κ3) is 5.81. The van der Waals surface area contributed by atoms with Gasteiger partial charge in [0.05, 0.1) is 19.8 Å². The van der Waals surface area contributed by atoms with Crippen LogP contribution in [0.15, 0.2) is 4.99 Å². The Morgan fingerprint density at radius 1 is 1.21 bits per heavy atom. The summed E-state index contributed by atoms with van der Waals surface area (Å²) in [6.07, 6.45) is 8.75. The number of rotatable bonds is 7. The minimum Gasteiger partial charge on any atom is -0.379 e. The molecule has 1 saturated carbocycles. The van der Waals surface area contributed by atoms with Gasteiger partial charge in [-0.1, -0.05) is 26.2 Å². The monoisotopic (exact) mass is 356 g/mol. The molecule has 1 atom stereocenters. The Morgan fingerprint density at radius 3 is 2.54 bits per heavy atom. The van der Waals surface area contributed by atoms with Crippen molar-refractivity contribution < 1.29 is 4.74 Å². The Balaban J connectivity index is 2.02. The molecular formula is C18H36N4OS. The lowest BCUT2D eigenvalue weighted by molar-refractivity contribution is -0.0333. The molecule has 1 unspecified atom stereocenters. The zero-order valence-corrected chi connectivity index (χ0v) is 16.6. The minimum absolute atomic E-state index is 0.246. The number of nitrogens with zero attached hydrogens (tertiary/aromatic N) is 2. The molecule has 1 aliphatic heterocycles. The van der Waals surface area contributed by atoms with Gasteiger partial charge in [0, 0.05) is 37.0 Å². The predicted molar refractivity (Wildman–Crippen MR) is 105 cm³/mol. The Bertz CT molecular complexity index is 379. The third-order valence-corrected chi connectivity index (χ3v) is 6.27. The fourth-order valence-electron chi connectivity index (χ4n) is 3.71. The van der Waals surface area contributed by atoms with Crippen LogP contribution in [0.25, 0.3) is 0 Å². The van der Waals surface area contributed by atoms with Crippen LogP contribution in [0, 0.1) is 0 Å². The number of nitrogens with one attached hydrogen (secondary N) is 2. The quantitative estimate of drug-likeness (QED) is 0.542. The van der Waals surface area contributed by atoms with E-state index in [0.717, 1.165) is 51.9 Å². The van der Waals surface area contributed by atoms with Gasteiger partial charge in [-0.2, -0.15) is 11.8 Å². The van der Waals surface area contributed by atoms with E-state index in [4.69, 9.17) is 9.73 Å². The first-order chi connectivity index (χ1) is 11.7. The normalized spacial score (nSPS) is 23.7. The molecule has 2 aliphatic rings. The van der Waals surface area contributed by atoms with Gasteiger partial charge in [-0.15, -0.1) is 0 Å². The molecule has 6 heteroatoms. The fraction of sp³-hybridized carbons (Fsp3) is 0.944. The van der Waals surface area contributed by atoms with Crippen molar-refractivity contribution in [2.45, 2.75) is 56.7 Å². The Morgan fingerprint density at radius 2 is 1.92 bits per heavy atom. The molecule has 1 aliphatic carbocycles. The molecule has 2 fully saturated rings. The van der Waals surface area contributed by atoms with Gasteiger partial charge in [-0.25, -0.2) is 0 Å². The molecule has 0 radical (unpaired) electrons. The van der Waals surface area contributed by atoms with Crippen molar-refractivity contribution in [3.8, 4) is 0 Å². The van der Waals surface area contributed by atoms with Crippen molar-refractivity contribution in [3.63, 3.8) is 0 Å². The number of morpholine rings is 1. The van der Waals surface area contributed by atoms with Gasteiger partial charge in [-0.3, -0.25) is 9.89 Å². The Kier molecular flexibility index (Phi) is 8.70. The average Bonchev–Trinajstić information content (AvgIpc) is 2.65. The van der Waals surface area contributed by atoms with Crippen LogP contribution in [0.2, 0.25) is 0 Å². The van der Waals surface area contributed by atoms with E-state index in [1.54, 1.807) is 0 Å². The van der Waals surface area contributed by atoms with E-state index in [1.807, 2.05) is 11.8 Å². The smallest absolute Gasteiger partial charge is 0.191 e. The molecule has 0 spiro atoms. The van der Waals surface area contributed by atoms with E-state index in [1.165, 1.54) is 32.1 Å². The molecule has 2 rings (SSSR count). The van der Waals surface area contributed by atoms with E-state index in [9.17, 15) is 0 Å². The molecule has 0 aromatic carbocycles. The fourth-order valence-corrected chi connectivity index (χ4v) is 3.96. The molecule has 2 N–H and O–H groups in total. The summed E-state index contributed by atoms with van der Waals surface area (Å²) >= 11 is 1.89. The van der Waals surface area contributed by atoms with Crippen molar-refractivity contribution in [2.75, 3.05) is 52.2 Å². The minimum atomic E-state index is 0.246. The lowest BCUT2D eigenvalue weighted by Gasteiger charge is -2.47. The first-order valence-electron chi connectivity index (χ1n) is 9.58. The van der Waals surface area contributed by atoms with Crippen molar-refractivity contribution in [1.82, 2.24) is 15.5 Å². The first-order valence-corrected chi connectivity index (χ1v) is 10.9. The van der Waals surface area contributed by atoms with Crippen LogP contribution in [-0.2, 0) is 4.74 Å². The van der Waals surface area contributed by atoms with Crippen molar-refractivity contribution in [3.05, 3.63) is 0 Å². The zero-order chi connectivity index (χ0) is 17.3. The van der Waals surface area contributed by atoms with E-state index < -0.39 is 0 Å². The maximum absolute atomic E-state index is 5.57. The van der Waals surface area contributed by atoms with Crippen LogP contribution >= 0.6 is 11.8 Å². The molecule has 140 valence electrons. The molecule has 1 saturated heterocycles. The topological polar surface area (TPSA) is 48.9 Å². The van der Waals surface area contributed by atoms with Crippen molar-refractivity contribution in [2.24, 2.45) is 4.99 Å². The molecule has 0 bridgehead atoms. The molecule has 0 aromatic rings. The number of hydrogen-bond donors (Lipinski definition) is 2. The average molecular weight is 357 g/mol. The second-order valence-electron chi connectivity index (χ2n) is 7.01. The lowest BCUT2D eigenvalue weighted by Crippen LogP contribution is -2.56. The van der Waals surface area contributed by atoms with Gasteiger partial charge in [-0.05, 0) is 26.0 Å². The Hall–Kier alpha value is -0.460. The van der Waals surface area contributed by atoms with E-state index in [-0.39, 0.29) is 5.54 Å². The van der Waals surface area contributed by atoms with Gasteiger partial charge in [0.1, 0.15) is 0 Å². The summed E-state index contributed by atoms with van der Waals surface area (Å²) in [6, 6.07) is 0. The standard InChI is InChI=1S/C18H36N4OS/c1-4-19-17(20-14-16(2)24-3)21-15-18(8-6-5-7-9-18)22-10-12-23-13-11-22/h16H,4-15H2,1-3H3,(H2,19,20,21). The Labute approximate surface area is 152 Å². The van der Waals surface area contributed by atoms with E-state index in [2.05, 4.69) is 35.6 Å². The van der Waals surface area contributed by atoms with Gasteiger partial charge < -0.3 is 15.4 Å². The highest BCUT2D eigenvalue weighted by Crippen LogP contribution is 2.34. The van der Waals surface area contributed by atoms with Gasteiger partial charge in [0.2, 0.25) is 0 Å².